The Morgan fingerprint density at radius 2 is 2.24 bits per heavy atom. The Morgan fingerprint density at radius 3 is 2.76 bits per heavy atom. The summed E-state index contributed by atoms with van der Waals surface area (Å²) >= 11 is 1.37. The van der Waals surface area contributed by atoms with E-state index in [4.69, 9.17) is 0 Å². The fourth-order valence-corrected chi connectivity index (χ4v) is 3.06. The number of carbonyl (C=O) groups excluding carboxylic acids is 1. The maximum absolute atomic E-state index is 12.5. The third-order valence-corrected chi connectivity index (χ3v) is 4.57. The minimum absolute atomic E-state index is 0.0409. The molecule has 21 heavy (non-hydrogen) atoms. The average molecular weight is 310 g/mol. The molecule has 1 aliphatic rings. The van der Waals surface area contributed by atoms with Crippen molar-refractivity contribution in [3.63, 3.8) is 0 Å². The molecule has 0 spiro atoms. The van der Waals surface area contributed by atoms with Gasteiger partial charge < -0.3 is 10.2 Å². The Balaban J connectivity index is 2.00. The molecule has 0 aromatic carbocycles. The Morgan fingerprint density at radius 1 is 1.52 bits per heavy atom. The van der Waals surface area contributed by atoms with E-state index in [0.29, 0.717) is 11.4 Å². The highest BCUT2D eigenvalue weighted by molar-refractivity contribution is 8.00. The molecule has 1 amide bonds. The van der Waals surface area contributed by atoms with Crippen LogP contribution in [0.4, 0.5) is 5.69 Å². The van der Waals surface area contributed by atoms with E-state index in [1.54, 1.807) is 6.07 Å². The molecule has 0 saturated carbocycles. The third-order valence-electron chi connectivity index (χ3n) is 3.27. The van der Waals surface area contributed by atoms with Gasteiger partial charge in [0.15, 0.2) is 0 Å². The predicted molar refractivity (Wildman–Crippen MR) is 80.3 cm³/mol. The zero-order valence-corrected chi connectivity index (χ0v) is 12.6. The topological polar surface area (TPSA) is 88.4 Å². The molecule has 0 bridgehead atoms. The summed E-state index contributed by atoms with van der Waals surface area (Å²) in [6, 6.07) is 3.01. The lowest BCUT2D eigenvalue weighted by atomic mass is 10.2. The summed E-state index contributed by atoms with van der Waals surface area (Å²) in [7, 11) is 0. The van der Waals surface area contributed by atoms with Crippen LogP contribution in [0.25, 0.3) is 0 Å². The van der Waals surface area contributed by atoms with Crippen molar-refractivity contribution in [2.75, 3.05) is 26.2 Å². The van der Waals surface area contributed by atoms with E-state index < -0.39 is 4.92 Å². The number of nitro groups is 1. The van der Waals surface area contributed by atoms with E-state index in [1.807, 2.05) is 11.8 Å². The fourth-order valence-electron chi connectivity index (χ4n) is 2.09. The van der Waals surface area contributed by atoms with Crippen LogP contribution in [-0.4, -0.2) is 52.1 Å². The largest absolute Gasteiger partial charge is 0.339 e. The molecule has 1 aromatic rings. The number of nitrogens with one attached hydrogen (secondary N) is 1. The summed E-state index contributed by atoms with van der Waals surface area (Å²) in [5.74, 6) is 0.115. The number of piperazine rings is 1. The van der Waals surface area contributed by atoms with Crippen molar-refractivity contribution >= 4 is 23.4 Å². The molecular weight excluding hydrogens is 292 g/mol. The minimum atomic E-state index is -0.482. The lowest BCUT2D eigenvalue weighted by Crippen LogP contribution is -2.49. The van der Waals surface area contributed by atoms with E-state index in [2.05, 4.69) is 10.3 Å². The summed E-state index contributed by atoms with van der Waals surface area (Å²) in [6.45, 7) is 5.06. The highest BCUT2D eigenvalue weighted by Gasteiger charge is 2.25. The molecule has 2 rings (SSSR count). The van der Waals surface area contributed by atoms with Crippen molar-refractivity contribution in [3.8, 4) is 0 Å². The van der Waals surface area contributed by atoms with Gasteiger partial charge in [-0.1, -0.05) is 18.7 Å². The van der Waals surface area contributed by atoms with Crippen LogP contribution in [-0.2, 0) is 4.79 Å². The van der Waals surface area contributed by atoms with Crippen LogP contribution in [0.3, 0.4) is 0 Å². The lowest BCUT2D eigenvalue weighted by Gasteiger charge is -2.30. The van der Waals surface area contributed by atoms with Crippen LogP contribution in [0.15, 0.2) is 23.4 Å². The number of hydrogen-bond acceptors (Lipinski definition) is 6. The highest BCUT2D eigenvalue weighted by Crippen LogP contribution is 2.26. The smallest absolute Gasteiger partial charge is 0.287 e. The third kappa shape index (κ3) is 4.15. The zero-order valence-electron chi connectivity index (χ0n) is 11.8. The van der Waals surface area contributed by atoms with Crippen molar-refractivity contribution in [1.82, 2.24) is 15.2 Å². The molecule has 1 saturated heterocycles. The maximum Gasteiger partial charge on any atom is 0.287 e. The first kappa shape index (κ1) is 15.7. The molecule has 1 aliphatic heterocycles. The summed E-state index contributed by atoms with van der Waals surface area (Å²) < 4.78 is 0. The molecule has 1 N–H and O–H groups in total. The second-order valence-electron chi connectivity index (χ2n) is 4.70. The van der Waals surface area contributed by atoms with Crippen LogP contribution in [0, 0.1) is 10.1 Å². The second kappa shape index (κ2) is 7.37. The van der Waals surface area contributed by atoms with E-state index in [9.17, 15) is 14.9 Å². The van der Waals surface area contributed by atoms with Gasteiger partial charge >= 0.3 is 0 Å². The van der Waals surface area contributed by atoms with Crippen molar-refractivity contribution < 1.29 is 9.72 Å². The van der Waals surface area contributed by atoms with Crippen molar-refractivity contribution in [1.29, 1.82) is 0 Å². The summed E-state index contributed by atoms with van der Waals surface area (Å²) in [6.07, 6.45) is 1.93. The number of nitrogens with zero attached hydrogens (tertiary/aromatic N) is 3. The average Bonchev–Trinajstić information content (AvgIpc) is 2.53. The monoisotopic (exact) mass is 310 g/mol. The van der Waals surface area contributed by atoms with Crippen molar-refractivity contribution in [2.24, 2.45) is 0 Å². The molecule has 1 fully saturated rings. The first-order chi connectivity index (χ1) is 10.1. The fraction of sp³-hybridized carbons (Fsp3) is 0.538. The van der Waals surface area contributed by atoms with E-state index >= 15 is 0 Å². The molecule has 2 heterocycles. The lowest BCUT2D eigenvalue weighted by molar-refractivity contribution is -0.385. The van der Waals surface area contributed by atoms with E-state index in [-0.39, 0.29) is 16.8 Å². The van der Waals surface area contributed by atoms with Gasteiger partial charge in [-0.25, -0.2) is 4.98 Å². The van der Waals surface area contributed by atoms with Gasteiger partial charge in [0, 0.05) is 32.2 Å². The second-order valence-corrected chi connectivity index (χ2v) is 5.92. The molecule has 1 aromatic heterocycles. The van der Waals surface area contributed by atoms with Crippen LogP contribution in [0.2, 0.25) is 0 Å². The molecule has 8 heteroatoms. The number of pyridine rings is 1. The quantitative estimate of drug-likeness (QED) is 0.501. The standard InChI is InChI=1S/C13H18N4O3S/c1-2-11(13(18)16-7-5-14-6-8-16)21-12-4-3-10(9-15-12)17(19)20/h3-4,9,11,14H,2,5-8H2,1H3. The van der Waals surface area contributed by atoms with Gasteiger partial charge in [-0.15, -0.1) is 0 Å². The number of carbonyl (C=O) groups is 1. The Kier molecular flexibility index (Phi) is 5.51. The molecule has 1 atom stereocenters. The van der Waals surface area contributed by atoms with Crippen molar-refractivity contribution in [2.45, 2.75) is 23.6 Å². The number of amides is 1. The number of thioether (sulfide) groups is 1. The molecule has 0 aliphatic carbocycles. The van der Waals surface area contributed by atoms with Gasteiger partial charge in [0.2, 0.25) is 5.91 Å². The normalized spacial score (nSPS) is 16.5. The van der Waals surface area contributed by atoms with Crippen LogP contribution in [0.5, 0.6) is 0 Å². The van der Waals surface area contributed by atoms with Crippen LogP contribution < -0.4 is 5.32 Å². The number of rotatable bonds is 5. The summed E-state index contributed by atoms with van der Waals surface area (Å²) in [5.41, 5.74) is -0.0409. The Labute approximate surface area is 127 Å². The summed E-state index contributed by atoms with van der Waals surface area (Å²) in [5, 5.41) is 14.3. The molecule has 114 valence electrons. The number of aromatic nitrogens is 1. The Hall–Kier alpha value is -1.67. The minimum Gasteiger partial charge on any atom is -0.339 e. The van der Waals surface area contributed by atoms with Crippen LogP contribution in [0.1, 0.15) is 13.3 Å². The van der Waals surface area contributed by atoms with Gasteiger partial charge in [-0.2, -0.15) is 0 Å². The van der Waals surface area contributed by atoms with E-state index in [0.717, 1.165) is 26.2 Å². The van der Waals surface area contributed by atoms with Gasteiger partial charge in [-0.3, -0.25) is 14.9 Å². The van der Waals surface area contributed by atoms with Gasteiger partial charge in [0.1, 0.15) is 6.20 Å². The van der Waals surface area contributed by atoms with E-state index in [1.165, 1.54) is 24.0 Å². The first-order valence-electron chi connectivity index (χ1n) is 6.88. The van der Waals surface area contributed by atoms with Gasteiger partial charge in [0.25, 0.3) is 5.69 Å². The van der Waals surface area contributed by atoms with Gasteiger partial charge in [-0.05, 0) is 12.5 Å². The maximum atomic E-state index is 12.5. The predicted octanol–water partition coefficient (Wildman–Crippen LogP) is 1.29. The Bertz CT molecular complexity index is 503. The van der Waals surface area contributed by atoms with Crippen molar-refractivity contribution in [3.05, 3.63) is 28.4 Å². The highest BCUT2D eigenvalue weighted by atomic mass is 32.2. The zero-order chi connectivity index (χ0) is 15.2. The molecule has 0 radical (unpaired) electrons. The molecule has 7 nitrogen and oxygen atoms in total. The van der Waals surface area contributed by atoms with Gasteiger partial charge in [0.05, 0.1) is 15.2 Å². The molecular formula is C13H18N4O3S. The number of hydrogen-bond donors (Lipinski definition) is 1. The first-order valence-corrected chi connectivity index (χ1v) is 7.76. The summed E-state index contributed by atoms with van der Waals surface area (Å²) in [4.78, 5) is 28.5. The molecule has 1 unspecified atom stereocenters. The SMILES string of the molecule is CCC(Sc1ccc([N+](=O)[O-])cn1)C(=O)N1CCNCC1. The van der Waals surface area contributed by atoms with Crippen LogP contribution >= 0.6 is 11.8 Å².